The molecule has 0 bridgehead atoms. The summed E-state index contributed by atoms with van der Waals surface area (Å²) in [6.45, 7) is 5.07. The van der Waals surface area contributed by atoms with Crippen LogP contribution in [0.1, 0.15) is 25.0 Å². The van der Waals surface area contributed by atoms with Crippen molar-refractivity contribution in [2.24, 2.45) is 0 Å². The van der Waals surface area contributed by atoms with Gasteiger partial charge in [-0.05, 0) is 56.2 Å². The number of likely N-dealkylation sites (N-methyl/N-ethyl adjacent to an activating group) is 1. The van der Waals surface area contributed by atoms with Crippen LogP contribution >= 0.6 is 23.2 Å². The van der Waals surface area contributed by atoms with Crippen LogP contribution in [0.3, 0.4) is 0 Å². The fourth-order valence-corrected chi connectivity index (χ4v) is 4.48. The molecule has 0 aliphatic carbocycles. The minimum Gasteiger partial charge on any atom is -0.355 e. The van der Waals surface area contributed by atoms with Crippen LogP contribution in [-0.4, -0.2) is 50.5 Å². The first kappa shape index (κ1) is 26.0. The van der Waals surface area contributed by atoms with E-state index >= 15 is 0 Å². The Kier molecular flexibility index (Phi) is 8.95. The lowest BCUT2D eigenvalue weighted by molar-refractivity contribution is -0.139. The van der Waals surface area contributed by atoms with E-state index in [-0.39, 0.29) is 12.5 Å². The van der Waals surface area contributed by atoms with Gasteiger partial charge in [0.15, 0.2) is 0 Å². The minimum atomic E-state index is -3.82. The third-order valence-electron chi connectivity index (χ3n) is 4.95. The van der Waals surface area contributed by atoms with E-state index in [1.54, 1.807) is 63.2 Å². The number of benzene rings is 2. The smallest absolute Gasteiger partial charge is 0.244 e. The lowest BCUT2D eigenvalue weighted by atomic mass is 10.1. The van der Waals surface area contributed by atoms with Crippen LogP contribution in [0.25, 0.3) is 0 Å². The summed E-state index contributed by atoms with van der Waals surface area (Å²) >= 11 is 12.2. The molecule has 0 aliphatic heterocycles. The van der Waals surface area contributed by atoms with Crippen molar-refractivity contribution in [1.29, 1.82) is 0 Å². The zero-order valence-electron chi connectivity index (χ0n) is 18.4. The zero-order valence-corrected chi connectivity index (χ0v) is 20.8. The van der Waals surface area contributed by atoms with Gasteiger partial charge >= 0.3 is 0 Å². The van der Waals surface area contributed by atoms with Gasteiger partial charge in [-0.3, -0.25) is 13.9 Å². The van der Waals surface area contributed by atoms with Gasteiger partial charge in [-0.15, -0.1) is 0 Å². The second kappa shape index (κ2) is 11.0. The molecule has 0 fully saturated rings. The highest BCUT2D eigenvalue weighted by Gasteiger charge is 2.30. The highest BCUT2D eigenvalue weighted by atomic mass is 35.5. The Bertz CT molecular complexity index is 1090. The lowest BCUT2D eigenvalue weighted by Crippen LogP contribution is -2.51. The van der Waals surface area contributed by atoms with E-state index in [0.717, 1.165) is 10.6 Å². The molecule has 0 saturated carbocycles. The maximum atomic E-state index is 13.4. The normalized spacial score (nSPS) is 12.2. The van der Waals surface area contributed by atoms with Gasteiger partial charge in [0.1, 0.15) is 12.6 Å². The molecular weight excluding hydrogens is 473 g/mol. The third-order valence-corrected chi connectivity index (χ3v) is 6.72. The number of amides is 2. The Morgan fingerprint density at radius 3 is 2.38 bits per heavy atom. The van der Waals surface area contributed by atoms with Crippen LogP contribution < -0.4 is 9.62 Å². The molecular formula is C22H27Cl2N3O4S. The molecule has 0 heterocycles. The molecule has 174 valence electrons. The minimum absolute atomic E-state index is 0.0871. The van der Waals surface area contributed by atoms with Crippen molar-refractivity contribution in [2.45, 2.75) is 33.4 Å². The Labute approximate surface area is 199 Å². The number of carbonyl (C=O) groups is 2. The topological polar surface area (TPSA) is 86.8 Å². The lowest BCUT2D eigenvalue weighted by Gasteiger charge is -2.32. The first-order valence-electron chi connectivity index (χ1n) is 10.00. The van der Waals surface area contributed by atoms with Crippen molar-refractivity contribution in [3.8, 4) is 0 Å². The molecule has 7 nitrogen and oxygen atoms in total. The SMILES string of the molecule is CCNC(=O)C(C)N(Cc1cccc(Cl)c1)C(=O)CN(c1cccc(Cl)c1C)S(C)(=O)=O. The van der Waals surface area contributed by atoms with Gasteiger partial charge in [0.25, 0.3) is 0 Å². The number of hydrogen-bond acceptors (Lipinski definition) is 4. The molecule has 10 heteroatoms. The number of hydrogen-bond donors (Lipinski definition) is 1. The number of sulfonamides is 1. The maximum Gasteiger partial charge on any atom is 0.244 e. The molecule has 2 rings (SSSR count). The van der Waals surface area contributed by atoms with E-state index in [9.17, 15) is 18.0 Å². The molecule has 0 saturated heterocycles. The third kappa shape index (κ3) is 6.60. The number of anilines is 1. The van der Waals surface area contributed by atoms with Gasteiger partial charge in [-0.1, -0.05) is 41.4 Å². The van der Waals surface area contributed by atoms with Gasteiger partial charge in [-0.2, -0.15) is 0 Å². The van der Waals surface area contributed by atoms with E-state index in [0.29, 0.717) is 33.4 Å². The first-order valence-corrected chi connectivity index (χ1v) is 12.6. The average Bonchev–Trinajstić information content (AvgIpc) is 2.71. The standard InChI is InChI=1S/C22H27Cl2N3O4S/c1-5-25-22(29)16(3)26(13-17-8-6-9-18(23)12-17)21(28)14-27(32(4,30)31)20-11-7-10-19(24)15(20)2/h6-12,16H,5,13-14H2,1-4H3,(H,25,29). The zero-order chi connectivity index (χ0) is 24.1. The van der Waals surface area contributed by atoms with Crippen molar-refractivity contribution in [2.75, 3.05) is 23.7 Å². The molecule has 1 atom stereocenters. The molecule has 0 radical (unpaired) electrons. The molecule has 0 spiro atoms. The van der Waals surface area contributed by atoms with Gasteiger partial charge in [0, 0.05) is 23.1 Å². The fourth-order valence-electron chi connectivity index (χ4n) is 3.20. The van der Waals surface area contributed by atoms with Crippen LogP contribution in [0, 0.1) is 6.92 Å². The van der Waals surface area contributed by atoms with Crippen molar-refractivity contribution < 1.29 is 18.0 Å². The second-order valence-electron chi connectivity index (χ2n) is 7.38. The summed E-state index contributed by atoms with van der Waals surface area (Å²) in [5.74, 6) is -0.874. The number of rotatable bonds is 9. The van der Waals surface area contributed by atoms with E-state index in [1.807, 2.05) is 0 Å². The van der Waals surface area contributed by atoms with Crippen molar-refractivity contribution in [1.82, 2.24) is 10.2 Å². The molecule has 0 aromatic heterocycles. The summed E-state index contributed by atoms with van der Waals surface area (Å²) in [6, 6.07) is 11.0. The summed E-state index contributed by atoms with van der Waals surface area (Å²) in [6.07, 6.45) is 1.02. The van der Waals surface area contributed by atoms with E-state index in [4.69, 9.17) is 23.2 Å². The number of carbonyl (C=O) groups excluding carboxylic acids is 2. The summed E-state index contributed by atoms with van der Waals surface area (Å²) < 4.78 is 26.2. The van der Waals surface area contributed by atoms with Crippen LogP contribution in [0.2, 0.25) is 10.0 Å². The largest absolute Gasteiger partial charge is 0.355 e. The van der Waals surface area contributed by atoms with E-state index in [2.05, 4.69) is 5.32 Å². The molecule has 1 N–H and O–H groups in total. The summed E-state index contributed by atoms with van der Waals surface area (Å²) in [4.78, 5) is 27.2. The van der Waals surface area contributed by atoms with E-state index < -0.39 is 28.5 Å². The first-order chi connectivity index (χ1) is 15.0. The Morgan fingerprint density at radius 2 is 1.78 bits per heavy atom. The van der Waals surface area contributed by atoms with Crippen molar-refractivity contribution in [3.63, 3.8) is 0 Å². The Hall–Kier alpha value is -2.29. The van der Waals surface area contributed by atoms with Gasteiger partial charge < -0.3 is 10.2 Å². The summed E-state index contributed by atoms with van der Waals surface area (Å²) in [5.41, 5.74) is 1.55. The average molecular weight is 500 g/mol. The van der Waals surface area contributed by atoms with Crippen LogP contribution in [0.15, 0.2) is 42.5 Å². The van der Waals surface area contributed by atoms with Gasteiger partial charge in [-0.25, -0.2) is 8.42 Å². The monoisotopic (exact) mass is 499 g/mol. The number of halogens is 2. The second-order valence-corrected chi connectivity index (χ2v) is 10.1. The van der Waals surface area contributed by atoms with Crippen molar-refractivity contribution in [3.05, 3.63) is 63.6 Å². The molecule has 2 aromatic carbocycles. The Morgan fingerprint density at radius 1 is 1.12 bits per heavy atom. The van der Waals surface area contributed by atoms with E-state index in [1.165, 1.54) is 4.90 Å². The van der Waals surface area contributed by atoms with Crippen LogP contribution in [0.4, 0.5) is 5.69 Å². The number of nitrogens with one attached hydrogen (secondary N) is 1. The van der Waals surface area contributed by atoms with Gasteiger partial charge in [0.05, 0.1) is 11.9 Å². The highest BCUT2D eigenvalue weighted by Crippen LogP contribution is 2.28. The van der Waals surface area contributed by atoms with Crippen LogP contribution in [-0.2, 0) is 26.2 Å². The molecule has 0 aliphatic rings. The predicted octanol–water partition coefficient (Wildman–Crippen LogP) is 3.62. The maximum absolute atomic E-state index is 13.4. The number of nitrogens with zero attached hydrogens (tertiary/aromatic N) is 2. The van der Waals surface area contributed by atoms with Crippen molar-refractivity contribution >= 4 is 50.7 Å². The molecule has 1 unspecified atom stereocenters. The van der Waals surface area contributed by atoms with Crippen LogP contribution in [0.5, 0.6) is 0 Å². The highest BCUT2D eigenvalue weighted by molar-refractivity contribution is 7.92. The van der Waals surface area contributed by atoms with Gasteiger partial charge in [0.2, 0.25) is 21.8 Å². The Balaban J connectivity index is 2.43. The quantitative estimate of drug-likeness (QED) is 0.570. The molecule has 32 heavy (non-hydrogen) atoms. The summed E-state index contributed by atoms with van der Waals surface area (Å²) in [5, 5.41) is 3.58. The molecule has 2 amide bonds. The predicted molar refractivity (Wildman–Crippen MR) is 129 cm³/mol. The molecule has 2 aromatic rings. The fraction of sp³-hybridized carbons (Fsp3) is 0.364. The summed E-state index contributed by atoms with van der Waals surface area (Å²) in [7, 11) is -3.82.